The lowest BCUT2D eigenvalue weighted by atomic mass is 9.93. The first-order chi connectivity index (χ1) is 9.74. The summed E-state index contributed by atoms with van der Waals surface area (Å²) in [5, 5.41) is 0. The van der Waals surface area contributed by atoms with Crippen LogP contribution in [0.25, 0.3) is 0 Å². The Bertz CT molecular complexity index is 535. The number of rotatable bonds is 2. The first-order valence-corrected chi connectivity index (χ1v) is 8.19. The van der Waals surface area contributed by atoms with Gasteiger partial charge in [0.15, 0.2) is 0 Å². The molecular weight excluding hydrogens is 310 g/mol. The Labute approximate surface area is 134 Å². The molecule has 0 spiro atoms. The average Bonchev–Trinajstić information content (AvgIpc) is 2.75. The van der Waals surface area contributed by atoms with E-state index in [2.05, 4.69) is 0 Å². The normalized spacial score (nSPS) is 19.7. The van der Waals surface area contributed by atoms with Crippen molar-refractivity contribution in [3.05, 3.63) is 21.3 Å². The van der Waals surface area contributed by atoms with E-state index < -0.39 is 5.60 Å². The van der Waals surface area contributed by atoms with E-state index in [0.29, 0.717) is 25.9 Å². The molecule has 1 unspecified atom stereocenters. The van der Waals surface area contributed by atoms with Crippen LogP contribution in [0, 0.1) is 5.92 Å². The quantitative estimate of drug-likeness (QED) is 0.829. The molecule has 1 fully saturated rings. The van der Waals surface area contributed by atoms with Crippen LogP contribution in [0.4, 0.5) is 4.79 Å². The molecule has 1 aliphatic heterocycles. The number of ketones is 1. The second-order valence-electron chi connectivity index (χ2n) is 6.25. The van der Waals surface area contributed by atoms with Gasteiger partial charge in [-0.15, -0.1) is 11.3 Å². The number of Topliss-reactive ketones (excluding diaryl/α,β-unsaturated/α-hetero) is 1. The van der Waals surface area contributed by atoms with Gasteiger partial charge in [0.05, 0.1) is 4.34 Å². The van der Waals surface area contributed by atoms with Crippen LogP contribution in [0.15, 0.2) is 12.1 Å². The lowest BCUT2D eigenvalue weighted by Crippen LogP contribution is -2.46. The zero-order chi connectivity index (χ0) is 15.6. The smallest absolute Gasteiger partial charge is 0.410 e. The topological polar surface area (TPSA) is 46.6 Å². The highest BCUT2D eigenvalue weighted by Gasteiger charge is 2.32. The van der Waals surface area contributed by atoms with Crippen LogP contribution in [0.2, 0.25) is 4.34 Å². The van der Waals surface area contributed by atoms with E-state index >= 15 is 0 Å². The number of hydrogen-bond acceptors (Lipinski definition) is 4. The van der Waals surface area contributed by atoms with E-state index in [0.717, 1.165) is 9.21 Å². The predicted octanol–water partition coefficient (Wildman–Crippen LogP) is 3.77. The van der Waals surface area contributed by atoms with Crippen molar-refractivity contribution >= 4 is 34.8 Å². The van der Waals surface area contributed by atoms with Gasteiger partial charge in [0.25, 0.3) is 0 Å². The molecule has 1 saturated heterocycles. The summed E-state index contributed by atoms with van der Waals surface area (Å²) in [5.74, 6) is 0.0420. The fourth-order valence-corrected chi connectivity index (χ4v) is 3.45. The van der Waals surface area contributed by atoms with Gasteiger partial charge in [-0.05, 0) is 39.3 Å². The summed E-state index contributed by atoms with van der Waals surface area (Å²) in [7, 11) is 0. The molecular formula is C15H20ClNO3S. The second-order valence-corrected chi connectivity index (χ2v) is 8.05. The van der Waals surface area contributed by atoms with Crippen molar-refractivity contribution < 1.29 is 14.3 Å². The standard InChI is InChI=1S/C15H20ClNO3S/c1-15(2,3)20-14(19)17-7-6-12(18)10(9-17)8-11-4-5-13(16)21-11/h4-5,10H,6-9H2,1-3H3. The fraction of sp³-hybridized carbons (Fsp3) is 0.600. The fourth-order valence-electron chi connectivity index (χ4n) is 2.28. The van der Waals surface area contributed by atoms with Gasteiger partial charge in [-0.3, -0.25) is 4.79 Å². The molecule has 2 heterocycles. The van der Waals surface area contributed by atoms with Crippen molar-refractivity contribution in [1.82, 2.24) is 4.90 Å². The summed E-state index contributed by atoms with van der Waals surface area (Å²) in [6.07, 6.45) is 0.683. The summed E-state index contributed by atoms with van der Waals surface area (Å²) < 4.78 is 6.09. The molecule has 1 amide bonds. The van der Waals surface area contributed by atoms with Crippen molar-refractivity contribution in [3.63, 3.8) is 0 Å². The molecule has 1 aromatic heterocycles. The van der Waals surface area contributed by atoms with Gasteiger partial charge in [0.1, 0.15) is 11.4 Å². The number of amides is 1. The van der Waals surface area contributed by atoms with Gasteiger partial charge in [-0.2, -0.15) is 0 Å². The third-order valence-corrected chi connectivity index (χ3v) is 4.51. The first kappa shape index (κ1) is 16.3. The van der Waals surface area contributed by atoms with Crippen LogP contribution in [-0.4, -0.2) is 35.5 Å². The molecule has 0 bridgehead atoms. The largest absolute Gasteiger partial charge is 0.444 e. The number of carbonyl (C=O) groups excluding carboxylic acids is 2. The van der Waals surface area contributed by atoms with E-state index in [-0.39, 0.29) is 17.8 Å². The molecule has 0 aliphatic carbocycles. The first-order valence-electron chi connectivity index (χ1n) is 6.99. The predicted molar refractivity (Wildman–Crippen MR) is 84.0 cm³/mol. The number of halogens is 1. The van der Waals surface area contributed by atoms with Crippen LogP contribution in [0.3, 0.4) is 0 Å². The SMILES string of the molecule is CC(C)(C)OC(=O)N1CCC(=O)C(Cc2ccc(Cl)s2)C1. The zero-order valence-corrected chi connectivity index (χ0v) is 14.1. The Morgan fingerprint density at radius 2 is 2.19 bits per heavy atom. The molecule has 6 heteroatoms. The number of ether oxygens (including phenoxy) is 1. The Hall–Kier alpha value is -1.07. The van der Waals surface area contributed by atoms with Crippen LogP contribution in [0.5, 0.6) is 0 Å². The van der Waals surface area contributed by atoms with Crippen LogP contribution in [0.1, 0.15) is 32.1 Å². The summed E-state index contributed by atoms with van der Waals surface area (Å²) in [4.78, 5) is 26.9. The molecule has 0 radical (unpaired) electrons. The van der Waals surface area contributed by atoms with Crippen molar-refractivity contribution in [2.75, 3.05) is 13.1 Å². The van der Waals surface area contributed by atoms with E-state index in [4.69, 9.17) is 16.3 Å². The molecule has 2 rings (SSSR count). The molecule has 0 N–H and O–H groups in total. The number of piperidine rings is 1. The van der Waals surface area contributed by atoms with E-state index in [9.17, 15) is 9.59 Å². The Balaban J connectivity index is 1.99. The maximum Gasteiger partial charge on any atom is 0.410 e. The minimum atomic E-state index is -0.519. The average molecular weight is 330 g/mol. The lowest BCUT2D eigenvalue weighted by molar-refractivity contribution is -0.125. The van der Waals surface area contributed by atoms with Crippen LogP contribution < -0.4 is 0 Å². The Morgan fingerprint density at radius 3 is 2.76 bits per heavy atom. The van der Waals surface area contributed by atoms with Crippen molar-refractivity contribution in [1.29, 1.82) is 0 Å². The maximum atomic E-state index is 12.1. The van der Waals surface area contributed by atoms with Crippen LogP contribution >= 0.6 is 22.9 Å². The molecule has 116 valence electrons. The summed E-state index contributed by atoms with van der Waals surface area (Å²) in [6, 6.07) is 3.77. The molecule has 21 heavy (non-hydrogen) atoms. The van der Waals surface area contributed by atoms with Gasteiger partial charge in [-0.25, -0.2) is 4.79 Å². The Morgan fingerprint density at radius 1 is 1.48 bits per heavy atom. The van der Waals surface area contributed by atoms with Gasteiger partial charge in [-0.1, -0.05) is 11.6 Å². The summed E-state index contributed by atoms with van der Waals surface area (Å²) in [5.41, 5.74) is -0.519. The number of thiophene rings is 1. The van der Waals surface area contributed by atoms with Crippen molar-refractivity contribution in [2.45, 2.75) is 39.2 Å². The molecule has 0 aromatic carbocycles. The third kappa shape index (κ3) is 4.71. The van der Waals surface area contributed by atoms with Crippen molar-refractivity contribution in [3.8, 4) is 0 Å². The maximum absolute atomic E-state index is 12.1. The van der Waals surface area contributed by atoms with E-state index in [1.165, 1.54) is 11.3 Å². The van der Waals surface area contributed by atoms with Gasteiger partial charge < -0.3 is 9.64 Å². The summed E-state index contributed by atoms with van der Waals surface area (Å²) in [6.45, 7) is 6.38. The number of carbonyl (C=O) groups is 2. The molecule has 1 aliphatic rings. The summed E-state index contributed by atoms with van der Waals surface area (Å²) >= 11 is 7.40. The molecule has 0 saturated carbocycles. The molecule has 1 atom stereocenters. The molecule has 4 nitrogen and oxygen atoms in total. The highest BCUT2D eigenvalue weighted by atomic mass is 35.5. The monoisotopic (exact) mass is 329 g/mol. The minimum absolute atomic E-state index is 0.166. The minimum Gasteiger partial charge on any atom is -0.444 e. The van der Waals surface area contributed by atoms with E-state index in [1.54, 1.807) is 4.90 Å². The van der Waals surface area contributed by atoms with E-state index in [1.807, 2.05) is 32.9 Å². The second kappa shape index (κ2) is 6.36. The van der Waals surface area contributed by atoms with Gasteiger partial charge >= 0.3 is 6.09 Å². The lowest BCUT2D eigenvalue weighted by Gasteiger charge is -2.33. The molecule has 1 aromatic rings. The van der Waals surface area contributed by atoms with Gasteiger partial charge in [0, 0.05) is 30.3 Å². The van der Waals surface area contributed by atoms with Crippen molar-refractivity contribution in [2.24, 2.45) is 5.92 Å². The number of hydrogen-bond donors (Lipinski definition) is 0. The number of likely N-dealkylation sites (tertiary alicyclic amines) is 1. The number of nitrogens with zero attached hydrogens (tertiary/aromatic N) is 1. The highest BCUT2D eigenvalue weighted by Crippen LogP contribution is 2.26. The Kier molecular flexibility index (Phi) is 4.94. The van der Waals surface area contributed by atoms with Gasteiger partial charge in [0.2, 0.25) is 0 Å². The van der Waals surface area contributed by atoms with Crippen LogP contribution in [-0.2, 0) is 16.0 Å². The third-order valence-electron chi connectivity index (χ3n) is 3.25. The highest BCUT2D eigenvalue weighted by molar-refractivity contribution is 7.16. The zero-order valence-electron chi connectivity index (χ0n) is 12.5.